The average molecular weight is 242 g/mol. The van der Waals surface area contributed by atoms with E-state index in [4.69, 9.17) is 5.11 Å². The smallest absolute Gasteiger partial charge is 0.237 e. The number of carbonyl (C=O) groups is 1. The van der Waals surface area contributed by atoms with Gasteiger partial charge in [-0.15, -0.1) is 0 Å². The van der Waals surface area contributed by atoms with Crippen molar-refractivity contribution in [3.8, 4) is 0 Å². The first-order valence-electron chi connectivity index (χ1n) is 6.56. The zero-order valence-electron chi connectivity index (χ0n) is 11.5. The SMILES string of the molecule is CCC(C)(C)NC(=O)C(C)N1CCC(CO)C1. The Kier molecular flexibility index (Phi) is 4.95. The van der Waals surface area contributed by atoms with Crippen LogP contribution in [0, 0.1) is 5.92 Å². The lowest BCUT2D eigenvalue weighted by atomic mass is 10.0. The minimum Gasteiger partial charge on any atom is -0.396 e. The minimum atomic E-state index is -0.137. The summed E-state index contributed by atoms with van der Waals surface area (Å²) in [5.41, 5.74) is -0.137. The fourth-order valence-electron chi connectivity index (χ4n) is 2.06. The van der Waals surface area contributed by atoms with Crippen LogP contribution in [-0.4, -0.2) is 47.2 Å². The molecule has 0 radical (unpaired) electrons. The molecule has 4 nitrogen and oxygen atoms in total. The highest BCUT2D eigenvalue weighted by atomic mass is 16.3. The number of aliphatic hydroxyl groups is 1. The van der Waals surface area contributed by atoms with Gasteiger partial charge in [0.1, 0.15) is 0 Å². The van der Waals surface area contributed by atoms with Gasteiger partial charge in [-0.1, -0.05) is 6.92 Å². The molecule has 2 atom stereocenters. The lowest BCUT2D eigenvalue weighted by Gasteiger charge is -2.30. The molecule has 1 heterocycles. The van der Waals surface area contributed by atoms with Crippen molar-refractivity contribution in [3.63, 3.8) is 0 Å². The highest BCUT2D eigenvalue weighted by Crippen LogP contribution is 2.18. The molecule has 0 saturated carbocycles. The van der Waals surface area contributed by atoms with E-state index in [1.165, 1.54) is 0 Å². The minimum absolute atomic E-state index is 0.0930. The fraction of sp³-hybridized carbons (Fsp3) is 0.923. The summed E-state index contributed by atoms with van der Waals surface area (Å²) in [5.74, 6) is 0.430. The zero-order chi connectivity index (χ0) is 13.1. The van der Waals surface area contributed by atoms with E-state index in [0.29, 0.717) is 5.92 Å². The van der Waals surface area contributed by atoms with Gasteiger partial charge in [0.15, 0.2) is 0 Å². The van der Waals surface area contributed by atoms with Crippen LogP contribution in [0.3, 0.4) is 0 Å². The molecule has 4 heteroatoms. The second-order valence-electron chi connectivity index (χ2n) is 5.73. The maximum Gasteiger partial charge on any atom is 0.237 e. The molecule has 0 aromatic rings. The molecular weight excluding hydrogens is 216 g/mol. The van der Waals surface area contributed by atoms with Gasteiger partial charge in [0.05, 0.1) is 6.04 Å². The van der Waals surface area contributed by atoms with E-state index in [0.717, 1.165) is 25.9 Å². The Morgan fingerprint density at radius 3 is 2.71 bits per heavy atom. The molecule has 17 heavy (non-hydrogen) atoms. The quantitative estimate of drug-likeness (QED) is 0.756. The fourth-order valence-corrected chi connectivity index (χ4v) is 2.06. The van der Waals surface area contributed by atoms with E-state index in [1.807, 2.05) is 20.8 Å². The summed E-state index contributed by atoms with van der Waals surface area (Å²) in [6.07, 6.45) is 1.91. The van der Waals surface area contributed by atoms with Crippen molar-refractivity contribution in [2.45, 2.75) is 52.1 Å². The molecule has 1 amide bonds. The van der Waals surface area contributed by atoms with Crippen molar-refractivity contribution in [3.05, 3.63) is 0 Å². The molecule has 2 unspecified atom stereocenters. The largest absolute Gasteiger partial charge is 0.396 e. The van der Waals surface area contributed by atoms with E-state index in [2.05, 4.69) is 17.1 Å². The normalized spacial score (nSPS) is 23.7. The van der Waals surface area contributed by atoms with Crippen LogP contribution in [-0.2, 0) is 4.79 Å². The van der Waals surface area contributed by atoms with E-state index >= 15 is 0 Å². The highest BCUT2D eigenvalue weighted by Gasteiger charge is 2.30. The van der Waals surface area contributed by atoms with Crippen LogP contribution < -0.4 is 5.32 Å². The molecule has 0 aliphatic carbocycles. The number of nitrogens with one attached hydrogen (secondary N) is 1. The standard InChI is InChI=1S/C13H26N2O2/c1-5-13(3,4)14-12(17)10(2)15-7-6-11(8-15)9-16/h10-11,16H,5-9H2,1-4H3,(H,14,17). The molecule has 0 aromatic heterocycles. The molecule has 1 saturated heterocycles. The van der Waals surface area contributed by atoms with Crippen molar-refractivity contribution >= 4 is 5.91 Å². The van der Waals surface area contributed by atoms with Crippen LogP contribution in [0.2, 0.25) is 0 Å². The van der Waals surface area contributed by atoms with E-state index < -0.39 is 0 Å². The predicted molar refractivity (Wildman–Crippen MR) is 68.7 cm³/mol. The monoisotopic (exact) mass is 242 g/mol. The van der Waals surface area contributed by atoms with E-state index in [9.17, 15) is 4.79 Å². The number of hydrogen-bond donors (Lipinski definition) is 2. The molecule has 2 N–H and O–H groups in total. The number of amides is 1. The number of carbonyl (C=O) groups excluding carboxylic acids is 1. The number of hydrogen-bond acceptors (Lipinski definition) is 3. The number of aliphatic hydroxyl groups excluding tert-OH is 1. The van der Waals surface area contributed by atoms with E-state index in [1.54, 1.807) is 0 Å². The zero-order valence-corrected chi connectivity index (χ0v) is 11.5. The van der Waals surface area contributed by atoms with Crippen LogP contribution in [0.1, 0.15) is 40.5 Å². The maximum atomic E-state index is 12.1. The van der Waals surface area contributed by atoms with Gasteiger partial charge in [-0.05, 0) is 46.1 Å². The van der Waals surface area contributed by atoms with E-state index in [-0.39, 0.29) is 24.1 Å². The number of nitrogens with zero attached hydrogens (tertiary/aromatic N) is 1. The van der Waals surface area contributed by atoms with Crippen molar-refractivity contribution in [1.29, 1.82) is 0 Å². The Hall–Kier alpha value is -0.610. The summed E-state index contributed by atoms with van der Waals surface area (Å²) in [6, 6.07) is -0.0997. The first kappa shape index (κ1) is 14.5. The molecular formula is C13H26N2O2. The number of rotatable bonds is 5. The molecule has 1 fully saturated rings. The second kappa shape index (κ2) is 5.83. The first-order chi connectivity index (χ1) is 7.89. The van der Waals surface area contributed by atoms with Gasteiger partial charge >= 0.3 is 0 Å². The summed E-state index contributed by atoms with van der Waals surface area (Å²) in [7, 11) is 0. The number of likely N-dealkylation sites (tertiary alicyclic amines) is 1. The molecule has 0 bridgehead atoms. The van der Waals surface area contributed by atoms with Gasteiger partial charge in [-0.2, -0.15) is 0 Å². The third-order valence-corrected chi connectivity index (χ3v) is 3.85. The molecule has 1 aliphatic rings. The van der Waals surface area contributed by atoms with Gasteiger partial charge in [0.2, 0.25) is 5.91 Å². The molecule has 100 valence electrons. The molecule has 1 rings (SSSR count). The third kappa shape index (κ3) is 3.96. The molecule has 0 aromatic carbocycles. The van der Waals surface area contributed by atoms with Crippen molar-refractivity contribution in [1.82, 2.24) is 10.2 Å². The Morgan fingerprint density at radius 2 is 2.24 bits per heavy atom. The Morgan fingerprint density at radius 1 is 1.59 bits per heavy atom. The van der Waals surface area contributed by atoms with Crippen molar-refractivity contribution in [2.75, 3.05) is 19.7 Å². The lowest BCUT2D eigenvalue weighted by Crippen LogP contribution is -2.51. The molecule has 1 aliphatic heterocycles. The van der Waals surface area contributed by atoms with Gasteiger partial charge in [0.25, 0.3) is 0 Å². The Balaban J connectivity index is 2.47. The first-order valence-corrected chi connectivity index (χ1v) is 6.56. The third-order valence-electron chi connectivity index (χ3n) is 3.85. The Labute approximate surface area is 104 Å². The van der Waals surface area contributed by atoms with Crippen LogP contribution in [0.25, 0.3) is 0 Å². The summed E-state index contributed by atoms with van der Waals surface area (Å²) in [6.45, 7) is 10.1. The summed E-state index contributed by atoms with van der Waals surface area (Å²) in [5, 5.41) is 12.2. The predicted octanol–water partition coefficient (Wildman–Crippen LogP) is 0.994. The maximum absolute atomic E-state index is 12.1. The van der Waals surface area contributed by atoms with Crippen LogP contribution in [0.4, 0.5) is 0 Å². The summed E-state index contributed by atoms with van der Waals surface area (Å²) >= 11 is 0. The van der Waals surface area contributed by atoms with Crippen LogP contribution >= 0.6 is 0 Å². The van der Waals surface area contributed by atoms with Gasteiger partial charge < -0.3 is 10.4 Å². The van der Waals surface area contributed by atoms with Gasteiger partial charge in [-0.3, -0.25) is 9.69 Å². The average Bonchev–Trinajstić information content (AvgIpc) is 2.76. The van der Waals surface area contributed by atoms with Crippen LogP contribution in [0.5, 0.6) is 0 Å². The van der Waals surface area contributed by atoms with Crippen molar-refractivity contribution in [2.24, 2.45) is 5.92 Å². The summed E-state index contributed by atoms with van der Waals surface area (Å²) in [4.78, 5) is 14.2. The van der Waals surface area contributed by atoms with Gasteiger partial charge in [-0.25, -0.2) is 0 Å². The Bertz CT molecular complexity index is 266. The van der Waals surface area contributed by atoms with Crippen molar-refractivity contribution < 1.29 is 9.90 Å². The second-order valence-corrected chi connectivity index (χ2v) is 5.73. The van der Waals surface area contributed by atoms with Crippen LogP contribution in [0.15, 0.2) is 0 Å². The summed E-state index contributed by atoms with van der Waals surface area (Å²) < 4.78 is 0. The molecule has 0 spiro atoms. The topological polar surface area (TPSA) is 52.6 Å². The highest BCUT2D eigenvalue weighted by molar-refractivity contribution is 5.82. The van der Waals surface area contributed by atoms with Gasteiger partial charge in [0, 0.05) is 18.7 Å². The lowest BCUT2D eigenvalue weighted by molar-refractivity contribution is -0.127.